The summed E-state index contributed by atoms with van der Waals surface area (Å²) in [7, 11) is -3.17. The molecule has 0 bridgehead atoms. The molecule has 55 heavy (non-hydrogen) atoms. The highest BCUT2D eigenvalue weighted by Gasteiger charge is 2.53. The molecule has 1 heterocycles. The quantitative estimate of drug-likeness (QED) is 0.166. The maximum atomic E-state index is 15.5. The zero-order chi connectivity index (χ0) is 36.6. The number of nitrogens with zero attached hydrogens (tertiary/aromatic N) is 1. The van der Waals surface area contributed by atoms with Gasteiger partial charge in [0.25, 0.3) is 0 Å². The van der Waals surface area contributed by atoms with Crippen molar-refractivity contribution < 1.29 is 4.57 Å². The number of hydrogen-bond acceptors (Lipinski definition) is 2. The molecule has 8 aromatic carbocycles. The van der Waals surface area contributed by atoms with Crippen LogP contribution in [-0.2, 0) is 9.98 Å². The van der Waals surface area contributed by atoms with Crippen molar-refractivity contribution in [3.05, 3.63) is 229 Å². The number of hydrogen-bond donors (Lipinski definition) is 0. The topological polar surface area (TPSA) is 30.0 Å². The summed E-state index contributed by atoms with van der Waals surface area (Å²) < 4.78 is 15.5. The first-order valence-electron chi connectivity index (χ1n) is 18.8. The zero-order valence-electron chi connectivity index (χ0n) is 29.9. The fraction of sp³-hybridized carbons (Fsp3) is 0.0192. The number of pyridine rings is 1. The molecule has 258 valence electrons. The van der Waals surface area contributed by atoms with Crippen LogP contribution in [0, 0.1) is 0 Å². The van der Waals surface area contributed by atoms with Crippen LogP contribution >= 0.6 is 7.14 Å². The molecule has 0 fully saturated rings. The van der Waals surface area contributed by atoms with E-state index in [1.165, 1.54) is 44.5 Å². The van der Waals surface area contributed by atoms with Crippen LogP contribution in [0.3, 0.4) is 0 Å². The van der Waals surface area contributed by atoms with Gasteiger partial charge in [0, 0.05) is 32.4 Å². The molecule has 0 saturated carbocycles. The third-order valence-electron chi connectivity index (χ3n) is 11.7. The first kappa shape index (κ1) is 31.9. The molecule has 2 aliphatic rings. The maximum Gasteiger partial charge on any atom is 0.171 e. The molecule has 3 heteroatoms. The normalized spacial score (nSPS) is 13.3. The van der Waals surface area contributed by atoms with Gasteiger partial charge in [0.1, 0.15) is 0 Å². The van der Waals surface area contributed by atoms with Crippen LogP contribution in [-0.4, -0.2) is 4.98 Å². The fourth-order valence-corrected chi connectivity index (χ4v) is 12.2. The first-order chi connectivity index (χ1) is 27.2. The van der Waals surface area contributed by atoms with Gasteiger partial charge >= 0.3 is 0 Å². The lowest BCUT2D eigenvalue weighted by molar-refractivity contribution is 0.592. The molecule has 1 aromatic heterocycles. The Bertz CT molecular complexity index is 2920. The Labute approximate surface area is 320 Å². The van der Waals surface area contributed by atoms with Gasteiger partial charge in [-0.15, -0.1) is 0 Å². The molecule has 1 spiro atoms. The van der Waals surface area contributed by atoms with Crippen molar-refractivity contribution in [3.8, 4) is 44.6 Å². The average molecular weight is 720 g/mol. The lowest BCUT2D eigenvalue weighted by Crippen LogP contribution is -2.26. The number of fused-ring (bicyclic) bond motifs is 12. The molecular formula is C52H34NOP. The van der Waals surface area contributed by atoms with E-state index in [9.17, 15) is 0 Å². The van der Waals surface area contributed by atoms with E-state index in [-0.39, 0.29) is 0 Å². The maximum absolute atomic E-state index is 15.5. The summed E-state index contributed by atoms with van der Waals surface area (Å²) >= 11 is 0. The van der Waals surface area contributed by atoms with Crippen LogP contribution in [0.2, 0.25) is 0 Å². The molecular weight excluding hydrogens is 686 g/mol. The second-order valence-electron chi connectivity index (χ2n) is 14.5. The van der Waals surface area contributed by atoms with Crippen molar-refractivity contribution in [1.82, 2.24) is 4.98 Å². The molecule has 0 saturated heterocycles. The Morgan fingerprint density at radius 1 is 0.400 bits per heavy atom. The highest BCUT2D eigenvalue weighted by Crippen LogP contribution is 2.65. The van der Waals surface area contributed by atoms with Crippen LogP contribution in [0.25, 0.3) is 55.5 Å². The second-order valence-corrected chi connectivity index (χ2v) is 17.3. The van der Waals surface area contributed by atoms with E-state index in [2.05, 4.69) is 140 Å². The monoisotopic (exact) mass is 719 g/mol. The Hall–Kier alpha value is -6.60. The molecule has 0 amide bonds. The molecule has 0 aliphatic heterocycles. The van der Waals surface area contributed by atoms with Crippen LogP contribution in [0.4, 0.5) is 0 Å². The van der Waals surface area contributed by atoms with Gasteiger partial charge in [-0.05, 0) is 68.3 Å². The van der Waals surface area contributed by atoms with E-state index in [0.717, 1.165) is 49.2 Å². The predicted octanol–water partition coefficient (Wildman–Crippen LogP) is 11.6. The lowest BCUT2D eigenvalue weighted by Gasteiger charge is -2.31. The van der Waals surface area contributed by atoms with Crippen LogP contribution in [0.15, 0.2) is 206 Å². The van der Waals surface area contributed by atoms with Crippen LogP contribution in [0.5, 0.6) is 0 Å². The van der Waals surface area contributed by atoms with Gasteiger partial charge in [-0.1, -0.05) is 188 Å². The molecule has 0 radical (unpaired) electrons. The third kappa shape index (κ3) is 4.50. The van der Waals surface area contributed by atoms with E-state index in [0.29, 0.717) is 0 Å². The molecule has 11 rings (SSSR count). The van der Waals surface area contributed by atoms with Crippen molar-refractivity contribution in [2.45, 2.75) is 5.41 Å². The summed E-state index contributed by atoms with van der Waals surface area (Å²) in [5, 5.41) is 3.58. The highest BCUT2D eigenvalue weighted by atomic mass is 31.2. The summed E-state index contributed by atoms with van der Waals surface area (Å²) in [5.41, 5.74) is 14.7. The summed E-state index contributed by atoms with van der Waals surface area (Å²) in [6, 6.07) is 72.3. The van der Waals surface area contributed by atoms with Gasteiger partial charge in [0.15, 0.2) is 7.14 Å². The highest BCUT2D eigenvalue weighted by molar-refractivity contribution is 7.85. The van der Waals surface area contributed by atoms with Crippen molar-refractivity contribution in [2.24, 2.45) is 0 Å². The fourth-order valence-electron chi connectivity index (χ4n) is 9.46. The van der Waals surface area contributed by atoms with Crippen LogP contribution < -0.4 is 15.9 Å². The number of aromatic nitrogens is 1. The molecule has 2 aliphatic carbocycles. The molecule has 9 aromatic rings. The van der Waals surface area contributed by atoms with Gasteiger partial charge < -0.3 is 4.57 Å². The van der Waals surface area contributed by atoms with Gasteiger partial charge in [0.05, 0.1) is 16.6 Å². The predicted molar refractivity (Wildman–Crippen MR) is 228 cm³/mol. The number of rotatable bonds is 5. The van der Waals surface area contributed by atoms with E-state index in [1.54, 1.807) is 0 Å². The minimum absolute atomic E-state index is 0.541. The number of benzene rings is 8. The summed E-state index contributed by atoms with van der Waals surface area (Å²) in [6.45, 7) is 0. The van der Waals surface area contributed by atoms with Gasteiger partial charge in [0.2, 0.25) is 0 Å². The van der Waals surface area contributed by atoms with Crippen molar-refractivity contribution >= 4 is 34.0 Å². The Morgan fingerprint density at radius 2 is 0.873 bits per heavy atom. The Morgan fingerprint density at radius 3 is 1.49 bits per heavy atom. The molecule has 0 unspecified atom stereocenters. The standard InChI is InChI=1S/C52H34NOP/c54-55(38-20-6-2-7-21-38,39-22-8-3-9-23-39)40-24-16-19-36(33-40)37-31-32-48-44(34-37)50-49(51(53-48)35-17-4-1-5-18-35)43-27-12-15-30-47(43)52(50)45-28-13-10-25-41(45)42-26-11-14-29-46(42)52/h1-34H. The molecule has 0 N–H and O–H groups in total. The van der Waals surface area contributed by atoms with Gasteiger partial charge in [-0.2, -0.15) is 0 Å². The summed E-state index contributed by atoms with van der Waals surface area (Å²) in [5.74, 6) is 0. The summed E-state index contributed by atoms with van der Waals surface area (Å²) in [4.78, 5) is 5.51. The largest absolute Gasteiger partial charge is 0.309 e. The average Bonchev–Trinajstić information content (AvgIpc) is 3.75. The van der Waals surface area contributed by atoms with Crippen molar-refractivity contribution in [2.75, 3.05) is 0 Å². The minimum Gasteiger partial charge on any atom is -0.309 e. The summed E-state index contributed by atoms with van der Waals surface area (Å²) in [6.07, 6.45) is 0. The lowest BCUT2D eigenvalue weighted by atomic mass is 9.69. The smallest absolute Gasteiger partial charge is 0.171 e. The molecule has 2 nitrogen and oxygen atoms in total. The van der Waals surface area contributed by atoms with E-state index >= 15 is 4.57 Å². The van der Waals surface area contributed by atoms with E-state index in [4.69, 9.17) is 4.98 Å². The van der Waals surface area contributed by atoms with Gasteiger partial charge in [-0.3, -0.25) is 0 Å². The second kappa shape index (κ2) is 12.2. The van der Waals surface area contributed by atoms with Crippen LogP contribution in [0.1, 0.15) is 22.3 Å². The SMILES string of the molecule is O=P(c1ccccc1)(c1ccccc1)c1cccc(-c2ccc3nc(-c4ccccc4)c4c(c3c2)C2(c3ccccc3-c3ccccc32)c2ccccc2-4)c1. The third-order valence-corrected chi connectivity index (χ3v) is 14.8. The first-order valence-corrected chi connectivity index (χ1v) is 20.5. The van der Waals surface area contributed by atoms with E-state index < -0.39 is 12.6 Å². The Balaban J connectivity index is 1.22. The Kier molecular flexibility index (Phi) is 7.08. The minimum atomic E-state index is -3.17. The van der Waals surface area contributed by atoms with E-state index in [1.807, 2.05) is 66.7 Å². The molecule has 0 atom stereocenters. The zero-order valence-corrected chi connectivity index (χ0v) is 30.8. The van der Waals surface area contributed by atoms with Gasteiger partial charge in [-0.25, -0.2) is 4.98 Å². The van der Waals surface area contributed by atoms with Crippen molar-refractivity contribution in [3.63, 3.8) is 0 Å². The van der Waals surface area contributed by atoms with Crippen molar-refractivity contribution in [1.29, 1.82) is 0 Å².